The number of rotatable bonds is 5. The molecule has 0 bridgehead atoms. The molecule has 1 aromatic heterocycles. The van der Waals surface area contributed by atoms with E-state index in [9.17, 15) is 4.79 Å². The Hall–Kier alpha value is -3.74. The van der Waals surface area contributed by atoms with Crippen LogP contribution in [0.2, 0.25) is 0 Å². The molecular formula is C23H24N4O3. The van der Waals surface area contributed by atoms with Gasteiger partial charge in [0.1, 0.15) is 0 Å². The van der Waals surface area contributed by atoms with Crippen LogP contribution in [-0.4, -0.2) is 30.3 Å². The third-order valence-corrected chi connectivity index (χ3v) is 5.30. The van der Waals surface area contributed by atoms with E-state index < -0.39 is 0 Å². The maximum atomic E-state index is 13.4. The highest BCUT2D eigenvalue weighted by molar-refractivity contribution is 6.07. The molecule has 1 atom stereocenters. The molecule has 0 saturated heterocycles. The Morgan fingerprint density at radius 3 is 2.47 bits per heavy atom. The largest absolute Gasteiger partial charge is 0.493 e. The summed E-state index contributed by atoms with van der Waals surface area (Å²) in [6.07, 6.45) is 0. The lowest BCUT2D eigenvalue weighted by molar-refractivity contribution is -0.113. The van der Waals surface area contributed by atoms with Gasteiger partial charge in [0.05, 0.1) is 14.2 Å². The van der Waals surface area contributed by atoms with Crippen molar-refractivity contribution in [3.63, 3.8) is 0 Å². The van der Waals surface area contributed by atoms with Crippen molar-refractivity contribution in [2.75, 3.05) is 24.9 Å². The summed E-state index contributed by atoms with van der Waals surface area (Å²) >= 11 is 0. The molecule has 1 aliphatic heterocycles. The Balaban J connectivity index is 1.83. The molecule has 7 nitrogen and oxygen atoms in total. The zero-order valence-electron chi connectivity index (χ0n) is 17.4. The Labute approximate surface area is 175 Å². The second-order valence-electron chi connectivity index (χ2n) is 7.14. The van der Waals surface area contributed by atoms with Gasteiger partial charge in [0.2, 0.25) is 0 Å². The lowest BCUT2D eigenvalue weighted by Gasteiger charge is -2.28. The molecule has 30 heavy (non-hydrogen) atoms. The zero-order valence-corrected chi connectivity index (χ0v) is 17.4. The molecule has 0 spiro atoms. The van der Waals surface area contributed by atoms with Crippen LogP contribution < -0.4 is 20.1 Å². The average Bonchev–Trinajstić information content (AvgIpc) is 3.12. The first-order chi connectivity index (χ1) is 14.5. The summed E-state index contributed by atoms with van der Waals surface area (Å²) in [5.74, 6) is 1.48. The summed E-state index contributed by atoms with van der Waals surface area (Å²) in [6, 6.07) is 15.1. The van der Waals surface area contributed by atoms with Gasteiger partial charge < -0.3 is 20.1 Å². The van der Waals surface area contributed by atoms with Crippen LogP contribution in [0, 0.1) is 6.92 Å². The number of aryl methyl sites for hydroxylation is 1. The van der Waals surface area contributed by atoms with E-state index in [1.165, 1.54) is 0 Å². The highest BCUT2D eigenvalue weighted by atomic mass is 16.5. The number of hydrogen-bond acceptors (Lipinski definition) is 5. The first-order valence-electron chi connectivity index (χ1n) is 9.64. The van der Waals surface area contributed by atoms with Crippen molar-refractivity contribution in [3.05, 3.63) is 76.6 Å². The number of aromatic amines is 1. The van der Waals surface area contributed by atoms with Gasteiger partial charge in [0.15, 0.2) is 17.3 Å². The predicted molar refractivity (Wildman–Crippen MR) is 116 cm³/mol. The number of benzene rings is 2. The van der Waals surface area contributed by atoms with Crippen molar-refractivity contribution in [2.24, 2.45) is 0 Å². The molecule has 154 valence electrons. The number of anilines is 2. The van der Waals surface area contributed by atoms with Gasteiger partial charge in [-0.3, -0.25) is 9.89 Å². The minimum absolute atomic E-state index is 0.169. The second-order valence-corrected chi connectivity index (χ2v) is 7.14. The quantitative estimate of drug-likeness (QED) is 0.593. The Morgan fingerprint density at radius 1 is 1.03 bits per heavy atom. The van der Waals surface area contributed by atoms with Crippen LogP contribution in [0.5, 0.6) is 11.5 Å². The molecule has 1 aliphatic rings. The number of nitrogens with one attached hydrogen (secondary N) is 3. The van der Waals surface area contributed by atoms with E-state index in [1.54, 1.807) is 14.2 Å². The summed E-state index contributed by atoms with van der Waals surface area (Å²) in [4.78, 5) is 13.4. The lowest BCUT2D eigenvalue weighted by atomic mass is 9.81. The molecule has 0 fully saturated rings. The Morgan fingerprint density at radius 2 is 1.77 bits per heavy atom. The lowest BCUT2D eigenvalue weighted by Crippen LogP contribution is -2.27. The van der Waals surface area contributed by atoms with Crippen molar-refractivity contribution in [1.82, 2.24) is 10.2 Å². The molecule has 3 aromatic rings. The van der Waals surface area contributed by atoms with Gasteiger partial charge in [-0.15, -0.1) is 0 Å². The molecule has 3 N–H and O–H groups in total. The summed E-state index contributed by atoms with van der Waals surface area (Å²) in [6.45, 7) is 3.84. The number of methoxy groups -OCH3 is 2. The Bertz CT molecular complexity index is 1120. The number of amides is 1. The molecule has 2 aromatic carbocycles. The first-order valence-corrected chi connectivity index (χ1v) is 9.64. The minimum atomic E-state index is -0.316. The van der Waals surface area contributed by atoms with Crippen molar-refractivity contribution in [2.45, 2.75) is 19.8 Å². The molecule has 0 radical (unpaired) electrons. The van der Waals surface area contributed by atoms with E-state index in [-0.39, 0.29) is 11.8 Å². The highest BCUT2D eigenvalue weighted by Gasteiger charge is 2.35. The number of carbonyl (C=O) groups excluding carboxylic acids is 1. The maximum absolute atomic E-state index is 13.4. The zero-order chi connectivity index (χ0) is 21.3. The fraction of sp³-hybridized carbons (Fsp3) is 0.217. The van der Waals surface area contributed by atoms with Crippen LogP contribution in [0.4, 0.5) is 11.5 Å². The molecule has 0 aliphatic carbocycles. The fourth-order valence-electron chi connectivity index (χ4n) is 3.88. The number of allylic oxidation sites excluding steroid dienone is 1. The average molecular weight is 404 g/mol. The van der Waals surface area contributed by atoms with Crippen LogP contribution in [0.3, 0.4) is 0 Å². The highest BCUT2D eigenvalue weighted by Crippen LogP contribution is 2.44. The van der Waals surface area contributed by atoms with Crippen molar-refractivity contribution < 1.29 is 14.3 Å². The summed E-state index contributed by atoms with van der Waals surface area (Å²) in [5, 5.41) is 13.7. The standard InChI is InChI=1S/C23H24N4O3/c1-13-20(23(28)25-16-8-6-5-7-9-16)21(19-14(2)26-27-22(19)24-13)15-10-11-17(29-3)18(12-15)30-4/h5-12,21H,1-4H3,(H,25,28)(H2,24,26,27). The fourth-order valence-corrected chi connectivity index (χ4v) is 3.88. The Kier molecular flexibility index (Phi) is 5.18. The molecule has 1 unspecified atom stereocenters. The molecule has 7 heteroatoms. The molecule has 2 heterocycles. The smallest absolute Gasteiger partial charge is 0.254 e. The van der Waals surface area contributed by atoms with Crippen molar-refractivity contribution in [1.29, 1.82) is 0 Å². The van der Waals surface area contributed by atoms with Crippen molar-refractivity contribution >= 4 is 17.4 Å². The maximum Gasteiger partial charge on any atom is 0.254 e. The topological polar surface area (TPSA) is 88.3 Å². The van der Waals surface area contributed by atoms with Gasteiger partial charge >= 0.3 is 0 Å². The van der Waals surface area contributed by atoms with Crippen LogP contribution in [0.1, 0.15) is 29.7 Å². The van der Waals surface area contributed by atoms with Gasteiger partial charge in [-0.1, -0.05) is 24.3 Å². The van der Waals surface area contributed by atoms with Crippen molar-refractivity contribution in [3.8, 4) is 11.5 Å². The number of para-hydroxylation sites is 1. The van der Waals surface area contributed by atoms with Gasteiger partial charge in [-0.05, 0) is 43.7 Å². The summed E-state index contributed by atoms with van der Waals surface area (Å²) < 4.78 is 10.9. The van der Waals surface area contributed by atoms with Crippen LogP contribution in [-0.2, 0) is 4.79 Å². The minimum Gasteiger partial charge on any atom is -0.493 e. The van der Waals surface area contributed by atoms with Gasteiger partial charge in [-0.2, -0.15) is 5.10 Å². The third kappa shape index (κ3) is 3.39. The predicted octanol–water partition coefficient (Wildman–Crippen LogP) is 4.21. The second kappa shape index (κ2) is 7.94. The van der Waals surface area contributed by atoms with Gasteiger partial charge in [0, 0.05) is 34.1 Å². The number of H-pyrrole nitrogens is 1. The van der Waals surface area contributed by atoms with Gasteiger partial charge in [-0.25, -0.2) is 0 Å². The van der Waals surface area contributed by atoms with Crippen LogP contribution in [0.15, 0.2) is 59.8 Å². The number of carbonyl (C=O) groups is 1. The van der Waals surface area contributed by atoms with Crippen LogP contribution >= 0.6 is 0 Å². The third-order valence-electron chi connectivity index (χ3n) is 5.30. The number of ether oxygens (including phenoxy) is 2. The van der Waals surface area contributed by atoms with Crippen LogP contribution in [0.25, 0.3) is 0 Å². The number of hydrogen-bond donors (Lipinski definition) is 3. The SMILES string of the molecule is COc1ccc(C2C(C(=O)Nc3ccccc3)=C(C)Nc3n[nH]c(C)c32)cc1OC. The van der Waals surface area contributed by atoms with E-state index in [0.29, 0.717) is 17.1 Å². The van der Waals surface area contributed by atoms with E-state index in [0.717, 1.165) is 34.0 Å². The number of fused-ring (bicyclic) bond motifs is 1. The normalized spacial score (nSPS) is 15.3. The monoisotopic (exact) mass is 404 g/mol. The van der Waals surface area contributed by atoms with E-state index in [1.807, 2.05) is 62.4 Å². The summed E-state index contributed by atoms with van der Waals surface area (Å²) in [7, 11) is 3.20. The molecule has 4 rings (SSSR count). The first kappa shape index (κ1) is 19.6. The molecule has 1 amide bonds. The van der Waals surface area contributed by atoms with E-state index in [4.69, 9.17) is 9.47 Å². The summed E-state index contributed by atoms with van der Waals surface area (Å²) in [5.41, 5.74) is 4.87. The van der Waals surface area contributed by atoms with Gasteiger partial charge in [0.25, 0.3) is 5.91 Å². The molecule has 0 saturated carbocycles. The number of aromatic nitrogens is 2. The molecular weight excluding hydrogens is 380 g/mol. The van der Waals surface area contributed by atoms with E-state index >= 15 is 0 Å². The van der Waals surface area contributed by atoms with E-state index in [2.05, 4.69) is 20.8 Å². The number of nitrogens with zero attached hydrogens (tertiary/aromatic N) is 1.